The van der Waals surface area contributed by atoms with Crippen molar-refractivity contribution in [3.05, 3.63) is 41.1 Å². The molecule has 0 radical (unpaired) electrons. The lowest BCUT2D eigenvalue weighted by atomic mass is 10.0. The molecular weight excluding hydrogens is 300 g/mol. The van der Waals surface area contributed by atoms with E-state index in [1.54, 1.807) is 0 Å². The van der Waals surface area contributed by atoms with Crippen LogP contribution < -0.4 is 0 Å². The molecule has 1 aliphatic heterocycles. The van der Waals surface area contributed by atoms with E-state index in [1.807, 2.05) is 0 Å². The van der Waals surface area contributed by atoms with E-state index in [2.05, 4.69) is 4.98 Å². The number of epoxide rings is 1. The van der Waals surface area contributed by atoms with Gasteiger partial charge in [-0.1, -0.05) is 12.1 Å². The number of hydrogen-bond donors (Lipinski definition) is 0. The van der Waals surface area contributed by atoms with Gasteiger partial charge in [-0.25, -0.2) is 4.98 Å². The third-order valence-corrected chi connectivity index (χ3v) is 3.15. The zero-order valence-corrected chi connectivity index (χ0v) is 10.2. The minimum atomic E-state index is -4.82. The zero-order chi connectivity index (χ0) is 15.4. The maximum Gasteiger partial charge on any atom is 0.433 e. The molecule has 2 heterocycles. The Morgan fingerprint density at radius 3 is 2.24 bits per heavy atom. The first-order valence-electron chi connectivity index (χ1n) is 5.87. The second-order valence-corrected chi connectivity index (χ2v) is 4.62. The van der Waals surface area contributed by atoms with E-state index in [-0.39, 0.29) is 17.6 Å². The minimum Gasteiger partial charge on any atom is -0.368 e. The Morgan fingerprint density at radius 2 is 1.71 bits per heavy atom. The second-order valence-electron chi connectivity index (χ2n) is 4.62. The fourth-order valence-electron chi connectivity index (χ4n) is 2.14. The van der Waals surface area contributed by atoms with Crippen molar-refractivity contribution in [2.75, 3.05) is 6.61 Å². The quantitative estimate of drug-likeness (QED) is 0.578. The largest absolute Gasteiger partial charge is 0.433 e. The molecule has 0 N–H and O–H groups in total. The number of alkyl halides is 6. The predicted molar refractivity (Wildman–Crippen MR) is 60.4 cm³/mol. The summed E-state index contributed by atoms with van der Waals surface area (Å²) < 4.78 is 82.2. The first-order chi connectivity index (χ1) is 9.68. The van der Waals surface area contributed by atoms with Crippen LogP contribution in [0.2, 0.25) is 0 Å². The highest BCUT2D eigenvalue weighted by atomic mass is 19.4. The smallest absolute Gasteiger partial charge is 0.368 e. The lowest BCUT2D eigenvalue weighted by Crippen LogP contribution is -2.12. The van der Waals surface area contributed by atoms with E-state index in [4.69, 9.17) is 4.74 Å². The average Bonchev–Trinajstić information content (AvgIpc) is 3.18. The molecule has 21 heavy (non-hydrogen) atoms. The number of nitrogens with zero attached hydrogens (tertiary/aromatic N) is 1. The Balaban J connectivity index is 2.35. The Hall–Kier alpha value is -1.83. The molecular formula is C13H7F6NO. The van der Waals surface area contributed by atoms with Crippen molar-refractivity contribution < 1.29 is 31.1 Å². The van der Waals surface area contributed by atoms with Crippen molar-refractivity contribution in [1.29, 1.82) is 0 Å². The molecule has 3 rings (SSSR count). The van der Waals surface area contributed by atoms with E-state index in [0.29, 0.717) is 6.07 Å². The minimum absolute atomic E-state index is 0.0281. The van der Waals surface area contributed by atoms with Gasteiger partial charge in [0.15, 0.2) is 0 Å². The first kappa shape index (κ1) is 14.1. The van der Waals surface area contributed by atoms with Gasteiger partial charge < -0.3 is 4.74 Å². The van der Waals surface area contributed by atoms with Gasteiger partial charge in [0.1, 0.15) is 11.8 Å². The number of halogens is 6. The highest BCUT2D eigenvalue weighted by molar-refractivity contribution is 5.86. The van der Waals surface area contributed by atoms with Gasteiger partial charge in [-0.05, 0) is 17.7 Å². The lowest BCUT2D eigenvalue weighted by molar-refractivity contribution is -0.142. The molecule has 2 aromatic rings. The summed E-state index contributed by atoms with van der Waals surface area (Å²) in [6, 6.07) is 3.92. The van der Waals surface area contributed by atoms with Crippen molar-refractivity contribution in [2.24, 2.45) is 0 Å². The van der Waals surface area contributed by atoms with Gasteiger partial charge in [-0.2, -0.15) is 26.3 Å². The van der Waals surface area contributed by atoms with Crippen LogP contribution in [-0.2, 0) is 17.1 Å². The fourth-order valence-corrected chi connectivity index (χ4v) is 2.14. The van der Waals surface area contributed by atoms with Gasteiger partial charge in [0, 0.05) is 5.39 Å². The topological polar surface area (TPSA) is 25.4 Å². The molecule has 1 aromatic heterocycles. The Labute approximate surface area is 114 Å². The van der Waals surface area contributed by atoms with Crippen LogP contribution in [0, 0.1) is 0 Å². The third kappa shape index (κ3) is 2.55. The molecule has 1 atom stereocenters. The SMILES string of the molecule is FC(F)(F)c1cc(C2CO2)c2cccc(C(F)(F)F)c2n1. The van der Waals surface area contributed by atoms with Crippen LogP contribution >= 0.6 is 0 Å². The van der Waals surface area contributed by atoms with Gasteiger partial charge in [-0.3, -0.25) is 0 Å². The van der Waals surface area contributed by atoms with E-state index < -0.39 is 35.2 Å². The summed E-state index contributed by atoms with van der Waals surface area (Å²) >= 11 is 0. The zero-order valence-electron chi connectivity index (χ0n) is 10.2. The summed E-state index contributed by atoms with van der Waals surface area (Å²) in [5.41, 5.74) is -3.16. The van der Waals surface area contributed by atoms with E-state index in [9.17, 15) is 26.3 Å². The van der Waals surface area contributed by atoms with Crippen LogP contribution in [0.5, 0.6) is 0 Å². The first-order valence-corrected chi connectivity index (χ1v) is 5.87. The number of rotatable bonds is 1. The molecule has 1 aliphatic rings. The average molecular weight is 307 g/mol. The summed E-state index contributed by atoms with van der Waals surface area (Å²) in [6.07, 6.45) is -10.2. The number of para-hydroxylation sites is 1. The number of fused-ring (bicyclic) bond motifs is 1. The van der Waals surface area contributed by atoms with Gasteiger partial charge in [-0.15, -0.1) is 0 Å². The van der Waals surface area contributed by atoms with Crippen LogP contribution in [0.3, 0.4) is 0 Å². The Bertz CT molecular complexity index is 702. The normalized spacial score (nSPS) is 19.0. The van der Waals surface area contributed by atoms with Gasteiger partial charge in [0.2, 0.25) is 0 Å². The monoisotopic (exact) mass is 307 g/mol. The second kappa shape index (κ2) is 4.33. The van der Waals surface area contributed by atoms with Crippen LogP contribution in [0.4, 0.5) is 26.3 Å². The van der Waals surface area contributed by atoms with E-state index in [0.717, 1.165) is 12.1 Å². The summed E-state index contributed by atoms with van der Waals surface area (Å²) in [4.78, 5) is 3.18. The molecule has 0 bridgehead atoms. The molecule has 0 aliphatic carbocycles. The highest BCUT2D eigenvalue weighted by Gasteiger charge is 2.39. The summed E-state index contributed by atoms with van der Waals surface area (Å²) in [6.45, 7) is 0.187. The van der Waals surface area contributed by atoms with Crippen molar-refractivity contribution in [3.63, 3.8) is 0 Å². The number of ether oxygens (including phenoxy) is 1. The molecule has 1 unspecified atom stereocenters. The molecule has 2 nitrogen and oxygen atoms in total. The number of benzene rings is 1. The molecule has 0 amide bonds. The maximum absolute atomic E-state index is 12.9. The standard InChI is InChI=1S/C13H7F6NO/c14-12(15,16)8-3-1-2-6-7(9-5-21-9)4-10(13(17,18)19)20-11(6)8/h1-4,9H,5H2. The van der Waals surface area contributed by atoms with Crippen LogP contribution in [-0.4, -0.2) is 11.6 Å². The number of aromatic nitrogens is 1. The molecule has 1 fully saturated rings. The molecule has 0 saturated carbocycles. The van der Waals surface area contributed by atoms with Crippen molar-refractivity contribution in [2.45, 2.75) is 18.5 Å². The molecule has 1 aromatic carbocycles. The molecule has 8 heteroatoms. The summed E-state index contributed by atoms with van der Waals surface area (Å²) in [5, 5.41) is 0.0281. The molecule has 0 spiro atoms. The fraction of sp³-hybridized carbons (Fsp3) is 0.308. The summed E-state index contributed by atoms with van der Waals surface area (Å²) in [7, 11) is 0. The van der Waals surface area contributed by atoms with Crippen LogP contribution in [0.15, 0.2) is 24.3 Å². The van der Waals surface area contributed by atoms with E-state index in [1.165, 1.54) is 6.07 Å². The van der Waals surface area contributed by atoms with Crippen molar-refractivity contribution >= 4 is 10.9 Å². The van der Waals surface area contributed by atoms with E-state index >= 15 is 0 Å². The third-order valence-electron chi connectivity index (χ3n) is 3.15. The predicted octanol–water partition coefficient (Wildman–Crippen LogP) is 4.34. The highest BCUT2D eigenvalue weighted by Crippen LogP contribution is 2.41. The van der Waals surface area contributed by atoms with Crippen molar-refractivity contribution in [3.8, 4) is 0 Å². The molecule has 1 saturated heterocycles. The maximum atomic E-state index is 12.9. The Kier molecular flexibility index (Phi) is 2.91. The van der Waals surface area contributed by atoms with Crippen LogP contribution in [0.25, 0.3) is 10.9 Å². The van der Waals surface area contributed by atoms with Crippen molar-refractivity contribution in [1.82, 2.24) is 4.98 Å². The Morgan fingerprint density at radius 1 is 1.05 bits per heavy atom. The van der Waals surface area contributed by atoms with Crippen LogP contribution in [0.1, 0.15) is 22.9 Å². The van der Waals surface area contributed by atoms with Gasteiger partial charge in [0.25, 0.3) is 0 Å². The number of hydrogen-bond acceptors (Lipinski definition) is 2. The summed E-state index contributed by atoms with van der Waals surface area (Å²) in [5.74, 6) is 0. The number of pyridine rings is 1. The lowest BCUT2D eigenvalue weighted by Gasteiger charge is -2.14. The van der Waals surface area contributed by atoms with Gasteiger partial charge in [0.05, 0.1) is 17.7 Å². The molecule has 112 valence electrons. The van der Waals surface area contributed by atoms with Gasteiger partial charge >= 0.3 is 12.4 Å².